The van der Waals surface area contributed by atoms with Gasteiger partial charge in [0, 0.05) is 7.11 Å². The number of rotatable bonds is 3. The molecule has 0 radical (unpaired) electrons. The topological polar surface area (TPSA) is 26.3 Å². The van der Waals surface area contributed by atoms with Crippen molar-refractivity contribution in [2.75, 3.05) is 7.11 Å². The number of hydrogen-bond acceptors (Lipinski definition) is 2. The summed E-state index contributed by atoms with van der Waals surface area (Å²) in [6, 6.07) is 0. The SMILES string of the molecule is COC(C(=O)Cl)(C1=CCCC=C1)C(F)(F)F. The fourth-order valence-electron chi connectivity index (χ4n) is 1.58. The number of methoxy groups -OCH3 is 1. The minimum atomic E-state index is -4.88. The number of halogens is 4. The highest BCUT2D eigenvalue weighted by Crippen LogP contribution is 2.42. The number of allylic oxidation sites excluding steroid dienone is 2. The van der Waals surface area contributed by atoms with Gasteiger partial charge < -0.3 is 4.74 Å². The molecule has 1 aliphatic rings. The van der Waals surface area contributed by atoms with Crippen LogP contribution in [-0.2, 0) is 9.53 Å². The highest BCUT2D eigenvalue weighted by molar-refractivity contribution is 6.66. The molecule has 0 amide bonds. The zero-order chi connectivity index (χ0) is 12.4. The standard InChI is InChI=1S/C10H10ClF3O2/c1-16-9(8(11)15,10(12,13)14)7-5-3-2-4-6-7/h3,5-6H,2,4H2,1H3. The third kappa shape index (κ3) is 2.01. The van der Waals surface area contributed by atoms with Crippen LogP contribution in [0.1, 0.15) is 12.8 Å². The second-order valence-electron chi connectivity index (χ2n) is 3.30. The summed E-state index contributed by atoms with van der Waals surface area (Å²) in [7, 11) is 0.817. The van der Waals surface area contributed by atoms with E-state index in [0.29, 0.717) is 12.8 Å². The summed E-state index contributed by atoms with van der Waals surface area (Å²) >= 11 is 5.06. The van der Waals surface area contributed by atoms with Crippen molar-refractivity contribution in [3.05, 3.63) is 23.8 Å². The molecule has 1 aliphatic carbocycles. The van der Waals surface area contributed by atoms with Gasteiger partial charge in [0.1, 0.15) is 0 Å². The predicted octanol–water partition coefficient (Wildman–Crippen LogP) is 2.98. The lowest BCUT2D eigenvalue weighted by molar-refractivity contribution is -0.240. The molecule has 0 aromatic heterocycles. The van der Waals surface area contributed by atoms with Crippen molar-refractivity contribution in [2.24, 2.45) is 0 Å². The molecule has 0 heterocycles. The van der Waals surface area contributed by atoms with Crippen molar-refractivity contribution >= 4 is 16.8 Å². The van der Waals surface area contributed by atoms with Crippen LogP contribution < -0.4 is 0 Å². The summed E-state index contributed by atoms with van der Waals surface area (Å²) in [5, 5.41) is -1.58. The van der Waals surface area contributed by atoms with Gasteiger partial charge in [-0.2, -0.15) is 13.2 Å². The van der Waals surface area contributed by atoms with Gasteiger partial charge in [-0.25, -0.2) is 0 Å². The fraction of sp³-hybridized carbons (Fsp3) is 0.500. The lowest BCUT2D eigenvalue weighted by Crippen LogP contribution is -2.53. The summed E-state index contributed by atoms with van der Waals surface area (Å²) in [5.41, 5.74) is -3.31. The summed E-state index contributed by atoms with van der Waals surface area (Å²) in [5.74, 6) is 0. The minimum Gasteiger partial charge on any atom is -0.357 e. The van der Waals surface area contributed by atoms with E-state index in [-0.39, 0.29) is 5.57 Å². The van der Waals surface area contributed by atoms with Gasteiger partial charge in [-0.3, -0.25) is 4.79 Å². The molecular weight excluding hydrogens is 245 g/mol. The number of carbonyl (C=O) groups is 1. The molecule has 16 heavy (non-hydrogen) atoms. The molecule has 0 N–H and O–H groups in total. The molecule has 0 aromatic rings. The van der Waals surface area contributed by atoms with Gasteiger partial charge in [0.15, 0.2) is 0 Å². The smallest absolute Gasteiger partial charge is 0.357 e. The molecule has 0 aromatic carbocycles. The maximum Gasteiger partial charge on any atom is 0.430 e. The molecule has 0 aliphatic heterocycles. The predicted molar refractivity (Wildman–Crippen MR) is 53.1 cm³/mol. The first-order valence-electron chi connectivity index (χ1n) is 4.55. The van der Waals surface area contributed by atoms with Crippen LogP contribution in [0.5, 0.6) is 0 Å². The molecule has 0 saturated heterocycles. The Morgan fingerprint density at radius 2 is 2.06 bits per heavy atom. The first-order chi connectivity index (χ1) is 7.36. The van der Waals surface area contributed by atoms with Gasteiger partial charge in [-0.05, 0) is 30.0 Å². The Bertz CT molecular complexity index is 346. The van der Waals surface area contributed by atoms with Crippen molar-refractivity contribution in [2.45, 2.75) is 24.6 Å². The first-order valence-corrected chi connectivity index (χ1v) is 4.93. The molecule has 0 spiro atoms. The third-order valence-electron chi connectivity index (χ3n) is 2.38. The van der Waals surface area contributed by atoms with Crippen LogP contribution in [0.4, 0.5) is 13.2 Å². The van der Waals surface area contributed by atoms with E-state index < -0.39 is 17.0 Å². The van der Waals surface area contributed by atoms with Crippen LogP contribution in [0.15, 0.2) is 23.8 Å². The summed E-state index contributed by atoms with van der Waals surface area (Å²) < 4.78 is 43.1. The van der Waals surface area contributed by atoms with E-state index in [1.165, 1.54) is 12.2 Å². The quantitative estimate of drug-likeness (QED) is 0.724. The first kappa shape index (κ1) is 13.3. The Morgan fingerprint density at radius 1 is 1.44 bits per heavy atom. The summed E-state index contributed by atoms with van der Waals surface area (Å²) in [6.07, 6.45) is 0.273. The van der Waals surface area contributed by atoms with E-state index >= 15 is 0 Å². The van der Waals surface area contributed by atoms with E-state index in [2.05, 4.69) is 4.74 Å². The average molecular weight is 255 g/mol. The Balaban J connectivity index is 3.28. The van der Waals surface area contributed by atoms with Gasteiger partial charge in [0.05, 0.1) is 0 Å². The third-order valence-corrected chi connectivity index (χ3v) is 2.65. The highest BCUT2D eigenvalue weighted by atomic mass is 35.5. The van der Waals surface area contributed by atoms with Gasteiger partial charge in [0.25, 0.3) is 10.8 Å². The fourth-order valence-corrected chi connectivity index (χ4v) is 1.87. The largest absolute Gasteiger partial charge is 0.430 e. The van der Waals surface area contributed by atoms with E-state index in [1.54, 1.807) is 6.08 Å². The zero-order valence-electron chi connectivity index (χ0n) is 8.47. The van der Waals surface area contributed by atoms with E-state index in [1.807, 2.05) is 0 Å². The maximum absolute atomic E-state index is 12.9. The highest BCUT2D eigenvalue weighted by Gasteiger charge is 2.62. The Labute approximate surface area is 95.7 Å². The van der Waals surface area contributed by atoms with Gasteiger partial charge in [-0.1, -0.05) is 18.2 Å². The van der Waals surface area contributed by atoms with Crippen LogP contribution in [0.3, 0.4) is 0 Å². The van der Waals surface area contributed by atoms with Gasteiger partial charge in [0.2, 0.25) is 0 Å². The average Bonchev–Trinajstić information content (AvgIpc) is 2.18. The second kappa shape index (κ2) is 4.59. The Kier molecular flexibility index (Phi) is 3.80. The van der Waals surface area contributed by atoms with Crippen molar-refractivity contribution in [3.63, 3.8) is 0 Å². The lowest BCUT2D eigenvalue weighted by Gasteiger charge is -2.32. The molecular formula is C10H10ClF3O2. The summed E-state index contributed by atoms with van der Waals surface area (Å²) in [4.78, 5) is 11.1. The van der Waals surface area contributed by atoms with Gasteiger partial charge >= 0.3 is 6.18 Å². The second-order valence-corrected chi connectivity index (χ2v) is 3.64. The van der Waals surface area contributed by atoms with E-state index in [9.17, 15) is 18.0 Å². The van der Waals surface area contributed by atoms with Crippen LogP contribution in [0, 0.1) is 0 Å². The number of hydrogen-bond donors (Lipinski definition) is 0. The van der Waals surface area contributed by atoms with Gasteiger partial charge in [-0.15, -0.1) is 0 Å². The molecule has 90 valence electrons. The number of carbonyl (C=O) groups excluding carboxylic acids is 1. The van der Waals surface area contributed by atoms with Crippen LogP contribution >= 0.6 is 11.6 Å². The maximum atomic E-state index is 12.9. The van der Waals surface area contributed by atoms with Crippen LogP contribution in [0.25, 0.3) is 0 Å². The van der Waals surface area contributed by atoms with E-state index in [0.717, 1.165) is 7.11 Å². The molecule has 2 nitrogen and oxygen atoms in total. The monoisotopic (exact) mass is 254 g/mol. The molecule has 6 heteroatoms. The van der Waals surface area contributed by atoms with Crippen LogP contribution in [0.2, 0.25) is 0 Å². The number of ether oxygens (including phenoxy) is 1. The number of alkyl halides is 3. The molecule has 1 rings (SSSR count). The van der Waals surface area contributed by atoms with E-state index in [4.69, 9.17) is 11.6 Å². The minimum absolute atomic E-state index is 0.256. The molecule has 0 bridgehead atoms. The van der Waals surface area contributed by atoms with Crippen LogP contribution in [-0.4, -0.2) is 24.1 Å². The molecule has 1 unspecified atom stereocenters. The van der Waals surface area contributed by atoms with Crippen molar-refractivity contribution in [1.29, 1.82) is 0 Å². The Hall–Kier alpha value is -0.810. The molecule has 0 fully saturated rings. The Morgan fingerprint density at radius 3 is 2.38 bits per heavy atom. The van der Waals surface area contributed by atoms with Crippen molar-refractivity contribution < 1.29 is 22.7 Å². The van der Waals surface area contributed by atoms with Crippen molar-refractivity contribution in [3.8, 4) is 0 Å². The lowest BCUT2D eigenvalue weighted by atomic mass is 9.89. The van der Waals surface area contributed by atoms with Crippen molar-refractivity contribution in [1.82, 2.24) is 0 Å². The molecule has 1 atom stereocenters. The zero-order valence-corrected chi connectivity index (χ0v) is 9.23. The summed E-state index contributed by atoms with van der Waals surface area (Å²) in [6.45, 7) is 0. The molecule has 0 saturated carbocycles. The normalized spacial score (nSPS) is 20.2.